The zero-order chi connectivity index (χ0) is 22.3. The topological polar surface area (TPSA) is 75.7 Å². The van der Waals surface area contributed by atoms with Crippen LogP contribution in [0, 0.1) is 5.82 Å². The number of nitrogens with zero attached hydrogens (tertiary/aromatic N) is 1. The molecule has 0 heterocycles. The largest absolute Gasteiger partial charge is 0.492 e. The summed E-state index contributed by atoms with van der Waals surface area (Å²) in [7, 11) is -3.58. The summed E-state index contributed by atoms with van der Waals surface area (Å²) in [6.45, 7) is 0.713. The van der Waals surface area contributed by atoms with E-state index in [1.165, 1.54) is 28.6 Å². The summed E-state index contributed by atoms with van der Waals surface area (Å²) in [4.78, 5) is 12.3. The van der Waals surface area contributed by atoms with E-state index in [0.717, 1.165) is 12.0 Å². The third kappa shape index (κ3) is 6.55. The smallest absolute Gasteiger partial charge is 0.251 e. The number of carbonyl (C=O) groups excluding carboxylic acids is 1. The van der Waals surface area contributed by atoms with Crippen LogP contribution in [0.15, 0.2) is 78.9 Å². The lowest BCUT2D eigenvalue weighted by Crippen LogP contribution is -2.30. The Morgan fingerprint density at radius 1 is 0.968 bits per heavy atom. The average Bonchev–Trinajstić information content (AvgIpc) is 2.76. The van der Waals surface area contributed by atoms with Gasteiger partial charge in [-0.1, -0.05) is 30.3 Å². The Morgan fingerprint density at radius 3 is 2.23 bits per heavy atom. The monoisotopic (exact) mass is 442 g/mol. The highest BCUT2D eigenvalue weighted by Crippen LogP contribution is 2.21. The molecule has 0 saturated carbocycles. The molecule has 1 amide bonds. The van der Waals surface area contributed by atoms with Gasteiger partial charge < -0.3 is 10.1 Å². The maximum absolute atomic E-state index is 13.1. The molecule has 0 unspecified atom stereocenters. The lowest BCUT2D eigenvalue weighted by Gasteiger charge is -2.22. The number of sulfonamides is 1. The van der Waals surface area contributed by atoms with Gasteiger partial charge in [0.25, 0.3) is 5.91 Å². The number of hydrogen-bond acceptors (Lipinski definition) is 4. The third-order valence-corrected chi connectivity index (χ3v) is 5.60. The molecule has 0 aliphatic carbocycles. The van der Waals surface area contributed by atoms with Crippen LogP contribution in [0.25, 0.3) is 0 Å². The summed E-state index contributed by atoms with van der Waals surface area (Å²) in [5.74, 6) is 0.0509. The van der Waals surface area contributed by atoms with Gasteiger partial charge in [-0.05, 0) is 54.1 Å². The fourth-order valence-electron chi connectivity index (χ4n) is 2.89. The van der Waals surface area contributed by atoms with Crippen molar-refractivity contribution in [3.63, 3.8) is 0 Å². The Balaban J connectivity index is 1.61. The molecule has 162 valence electrons. The van der Waals surface area contributed by atoms with Crippen LogP contribution < -0.4 is 14.4 Å². The number of carbonyl (C=O) groups is 1. The van der Waals surface area contributed by atoms with E-state index in [9.17, 15) is 17.6 Å². The minimum atomic E-state index is -3.58. The average molecular weight is 443 g/mol. The summed E-state index contributed by atoms with van der Waals surface area (Å²) in [5, 5.41) is 2.76. The van der Waals surface area contributed by atoms with Crippen LogP contribution in [0.3, 0.4) is 0 Å². The van der Waals surface area contributed by atoms with Gasteiger partial charge in [0.2, 0.25) is 10.0 Å². The molecule has 0 atom stereocenters. The van der Waals surface area contributed by atoms with E-state index in [2.05, 4.69) is 5.32 Å². The first-order valence-electron chi connectivity index (χ1n) is 9.61. The Labute approximate surface area is 181 Å². The summed E-state index contributed by atoms with van der Waals surface area (Å²) in [6.07, 6.45) is 1.10. The molecule has 8 heteroatoms. The van der Waals surface area contributed by atoms with Crippen LogP contribution in [0.2, 0.25) is 0 Å². The number of rotatable bonds is 9. The second-order valence-corrected chi connectivity index (χ2v) is 8.77. The van der Waals surface area contributed by atoms with Gasteiger partial charge in [0.15, 0.2) is 0 Å². The molecule has 3 aromatic rings. The van der Waals surface area contributed by atoms with Gasteiger partial charge in [-0.3, -0.25) is 9.10 Å². The maximum atomic E-state index is 13.1. The fraction of sp³-hybridized carbons (Fsp3) is 0.174. The first-order valence-corrected chi connectivity index (χ1v) is 11.5. The van der Waals surface area contributed by atoms with Crippen LogP contribution in [0.5, 0.6) is 5.75 Å². The minimum absolute atomic E-state index is 0.0570. The van der Waals surface area contributed by atoms with E-state index in [-0.39, 0.29) is 18.3 Å². The van der Waals surface area contributed by atoms with Crippen molar-refractivity contribution < 1.29 is 22.3 Å². The highest BCUT2D eigenvalue weighted by atomic mass is 32.2. The van der Waals surface area contributed by atoms with Crippen molar-refractivity contribution in [2.45, 2.75) is 6.54 Å². The first-order chi connectivity index (χ1) is 14.8. The predicted octanol–water partition coefficient (Wildman–Crippen LogP) is 3.60. The van der Waals surface area contributed by atoms with Gasteiger partial charge in [-0.15, -0.1) is 0 Å². The SMILES string of the molecule is CS(=O)(=O)N(Cc1ccc(F)cc1)c1ccc(C(=O)NCCOc2ccccc2)cc1. The highest BCUT2D eigenvalue weighted by molar-refractivity contribution is 7.92. The molecule has 0 aliphatic rings. The normalized spacial score (nSPS) is 11.0. The quantitative estimate of drug-likeness (QED) is 0.514. The molecule has 6 nitrogen and oxygen atoms in total. The van der Waals surface area contributed by atoms with Gasteiger partial charge in [0.1, 0.15) is 18.2 Å². The van der Waals surface area contributed by atoms with Crippen LogP contribution in [-0.4, -0.2) is 33.7 Å². The van der Waals surface area contributed by atoms with Crippen molar-refractivity contribution in [3.05, 3.63) is 95.8 Å². The van der Waals surface area contributed by atoms with E-state index in [0.29, 0.717) is 30.0 Å². The number of nitrogens with one attached hydrogen (secondary N) is 1. The van der Waals surface area contributed by atoms with Crippen molar-refractivity contribution >= 4 is 21.6 Å². The molecule has 0 aromatic heterocycles. The molecule has 0 bridgehead atoms. The summed E-state index contributed by atoms with van der Waals surface area (Å²) in [5.41, 5.74) is 1.46. The van der Waals surface area contributed by atoms with Gasteiger partial charge in [-0.2, -0.15) is 0 Å². The number of para-hydroxylation sites is 1. The third-order valence-electron chi connectivity index (χ3n) is 4.46. The Hall–Kier alpha value is -3.39. The van der Waals surface area contributed by atoms with Crippen molar-refractivity contribution in [2.24, 2.45) is 0 Å². The Bertz CT molecular complexity index is 1100. The number of hydrogen-bond donors (Lipinski definition) is 1. The molecule has 0 saturated heterocycles. The highest BCUT2D eigenvalue weighted by Gasteiger charge is 2.18. The molecule has 0 spiro atoms. The lowest BCUT2D eigenvalue weighted by atomic mass is 10.1. The molecule has 3 aromatic carbocycles. The summed E-state index contributed by atoms with van der Waals surface area (Å²) in [6, 6.07) is 21.2. The molecule has 0 radical (unpaired) electrons. The standard InChI is InChI=1S/C23H23FN2O4S/c1-31(28,29)26(17-18-7-11-20(24)12-8-18)21-13-9-19(10-14-21)23(27)25-15-16-30-22-5-3-2-4-6-22/h2-14H,15-17H2,1H3,(H,25,27). The Kier molecular flexibility index (Phi) is 7.25. The molecule has 1 N–H and O–H groups in total. The molecule has 0 aliphatic heterocycles. The van der Waals surface area contributed by atoms with Crippen molar-refractivity contribution in [1.82, 2.24) is 5.32 Å². The van der Waals surface area contributed by atoms with Crippen LogP contribution >= 0.6 is 0 Å². The number of benzene rings is 3. The zero-order valence-electron chi connectivity index (χ0n) is 17.0. The summed E-state index contributed by atoms with van der Waals surface area (Å²) < 4.78 is 44.4. The van der Waals surface area contributed by atoms with Crippen LogP contribution in [0.4, 0.5) is 10.1 Å². The van der Waals surface area contributed by atoms with Gasteiger partial charge in [0.05, 0.1) is 25.0 Å². The van der Waals surface area contributed by atoms with Crippen molar-refractivity contribution in [2.75, 3.05) is 23.7 Å². The zero-order valence-corrected chi connectivity index (χ0v) is 17.8. The predicted molar refractivity (Wildman–Crippen MR) is 118 cm³/mol. The second kappa shape index (κ2) is 10.1. The number of halogens is 1. The van der Waals surface area contributed by atoms with Crippen LogP contribution in [-0.2, 0) is 16.6 Å². The van der Waals surface area contributed by atoms with Gasteiger partial charge in [-0.25, -0.2) is 12.8 Å². The fourth-order valence-corrected chi connectivity index (χ4v) is 3.78. The summed E-state index contributed by atoms with van der Waals surface area (Å²) >= 11 is 0. The van der Waals surface area contributed by atoms with E-state index in [1.807, 2.05) is 30.3 Å². The number of anilines is 1. The first kappa shape index (κ1) is 22.3. The molecular formula is C23H23FN2O4S. The second-order valence-electron chi connectivity index (χ2n) is 6.86. The van der Waals surface area contributed by atoms with Gasteiger partial charge in [0, 0.05) is 5.56 Å². The molecule has 31 heavy (non-hydrogen) atoms. The number of amides is 1. The van der Waals surface area contributed by atoms with Gasteiger partial charge >= 0.3 is 0 Å². The maximum Gasteiger partial charge on any atom is 0.251 e. The lowest BCUT2D eigenvalue weighted by molar-refractivity contribution is 0.0947. The number of ether oxygens (including phenoxy) is 1. The minimum Gasteiger partial charge on any atom is -0.492 e. The molecule has 0 fully saturated rings. The van der Waals surface area contributed by atoms with E-state index in [4.69, 9.17) is 4.74 Å². The van der Waals surface area contributed by atoms with E-state index in [1.54, 1.807) is 24.3 Å². The Morgan fingerprint density at radius 2 is 1.61 bits per heavy atom. The van der Waals surface area contributed by atoms with E-state index < -0.39 is 10.0 Å². The van der Waals surface area contributed by atoms with Crippen LogP contribution in [0.1, 0.15) is 15.9 Å². The van der Waals surface area contributed by atoms with E-state index >= 15 is 0 Å². The van der Waals surface area contributed by atoms with Crippen molar-refractivity contribution in [3.8, 4) is 5.75 Å². The molecular weight excluding hydrogens is 419 g/mol. The van der Waals surface area contributed by atoms with Crippen molar-refractivity contribution in [1.29, 1.82) is 0 Å². The molecule has 3 rings (SSSR count).